The van der Waals surface area contributed by atoms with E-state index in [1.165, 1.54) is 0 Å². The first kappa shape index (κ1) is 23.2. The van der Waals surface area contributed by atoms with Gasteiger partial charge in [-0.1, -0.05) is 42.5 Å². The van der Waals surface area contributed by atoms with Crippen molar-refractivity contribution in [3.8, 4) is 5.75 Å². The minimum Gasteiger partial charge on any atom is -0.497 e. The Hall–Kier alpha value is -4.00. The second-order valence-electron chi connectivity index (χ2n) is 8.13. The first-order valence-electron chi connectivity index (χ1n) is 11.3. The zero-order chi connectivity index (χ0) is 23.8. The third-order valence-corrected chi connectivity index (χ3v) is 5.78. The van der Waals surface area contributed by atoms with Crippen molar-refractivity contribution in [1.29, 1.82) is 0 Å². The van der Waals surface area contributed by atoms with Gasteiger partial charge in [0, 0.05) is 37.6 Å². The van der Waals surface area contributed by atoms with Crippen LogP contribution in [0.25, 0.3) is 0 Å². The Bertz CT molecular complexity index is 1080. The maximum absolute atomic E-state index is 12.4. The molecule has 0 saturated carbocycles. The topological polar surface area (TPSA) is 71.1 Å². The summed E-state index contributed by atoms with van der Waals surface area (Å²) >= 11 is 0. The first-order chi connectivity index (χ1) is 16.6. The number of methoxy groups -OCH3 is 1. The molecule has 1 aliphatic rings. The summed E-state index contributed by atoms with van der Waals surface area (Å²) in [5.74, 6) is 0.699. The number of hydrogen-bond acceptors (Lipinski definition) is 5. The molecule has 0 aliphatic carbocycles. The van der Waals surface area contributed by atoms with Gasteiger partial charge in [0.2, 0.25) is 5.91 Å². The fraction of sp³-hybridized carbons (Fsp3) is 0.259. The van der Waals surface area contributed by atoms with E-state index in [2.05, 4.69) is 10.2 Å². The zero-order valence-corrected chi connectivity index (χ0v) is 19.3. The molecule has 0 radical (unpaired) electrons. The second kappa shape index (κ2) is 11.2. The van der Waals surface area contributed by atoms with Crippen LogP contribution in [0.15, 0.2) is 78.9 Å². The molecule has 3 aromatic rings. The minimum atomic E-state index is -0.279. The molecule has 0 spiro atoms. The molecule has 1 N–H and O–H groups in total. The van der Waals surface area contributed by atoms with Crippen molar-refractivity contribution in [2.45, 2.75) is 13.0 Å². The fourth-order valence-corrected chi connectivity index (χ4v) is 3.85. The van der Waals surface area contributed by atoms with Crippen LogP contribution in [0.4, 0.5) is 16.2 Å². The van der Waals surface area contributed by atoms with E-state index < -0.39 is 0 Å². The average Bonchev–Trinajstić information content (AvgIpc) is 2.89. The number of piperazine rings is 1. The molecule has 0 aromatic heterocycles. The van der Waals surface area contributed by atoms with Gasteiger partial charge in [0.1, 0.15) is 12.4 Å². The molecule has 0 atom stereocenters. The van der Waals surface area contributed by atoms with E-state index in [0.29, 0.717) is 19.5 Å². The fourth-order valence-electron chi connectivity index (χ4n) is 3.85. The highest BCUT2D eigenvalue weighted by atomic mass is 16.6. The molecular formula is C27H29N3O4. The van der Waals surface area contributed by atoms with Gasteiger partial charge in [-0.05, 0) is 47.5 Å². The summed E-state index contributed by atoms with van der Waals surface area (Å²) in [5.41, 5.74) is 3.72. The Balaban J connectivity index is 1.22. The van der Waals surface area contributed by atoms with Gasteiger partial charge in [-0.25, -0.2) is 4.79 Å². The van der Waals surface area contributed by atoms with Crippen molar-refractivity contribution >= 4 is 23.4 Å². The summed E-state index contributed by atoms with van der Waals surface area (Å²) in [7, 11) is 1.62. The van der Waals surface area contributed by atoms with E-state index in [1.54, 1.807) is 12.0 Å². The predicted octanol–water partition coefficient (Wildman–Crippen LogP) is 4.34. The number of nitrogens with zero attached hydrogens (tertiary/aromatic N) is 2. The second-order valence-corrected chi connectivity index (χ2v) is 8.13. The molecule has 2 amide bonds. The summed E-state index contributed by atoms with van der Waals surface area (Å²) in [6.07, 6.45) is 0.0204. The number of nitrogens with one attached hydrogen (secondary N) is 1. The average molecular weight is 460 g/mol. The molecule has 1 aliphatic heterocycles. The third-order valence-electron chi connectivity index (χ3n) is 5.78. The zero-order valence-electron chi connectivity index (χ0n) is 19.3. The van der Waals surface area contributed by atoms with Crippen LogP contribution >= 0.6 is 0 Å². The van der Waals surface area contributed by atoms with Crippen LogP contribution in [0, 0.1) is 0 Å². The third kappa shape index (κ3) is 6.28. The lowest BCUT2D eigenvalue weighted by Crippen LogP contribution is -2.48. The number of amides is 2. The van der Waals surface area contributed by atoms with E-state index in [9.17, 15) is 9.59 Å². The van der Waals surface area contributed by atoms with Crippen molar-refractivity contribution in [1.82, 2.24) is 4.90 Å². The van der Waals surface area contributed by atoms with E-state index in [0.717, 1.165) is 41.3 Å². The number of anilines is 2. The van der Waals surface area contributed by atoms with Gasteiger partial charge in [0.05, 0.1) is 13.5 Å². The monoisotopic (exact) mass is 459 g/mol. The van der Waals surface area contributed by atoms with Crippen LogP contribution in [0.1, 0.15) is 11.1 Å². The van der Waals surface area contributed by atoms with Gasteiger partial charge in [-0.15, -0.1) is 0 Å². The van der Waals surface area contributed by atoms with Crippen molar-refractivity contribution in [3.05, 3.63) is 90.0 Å². The number of hydrogen-bond donors (Lipinski definition) is 1. The minimum absolute atomic E-state index is 0.0689. The van der Waals surface area contributed by atoms with Crippen molar-refractivity contribution in [2.24, 2.45) is 0 Å². The van der Waals surface area contributed by atoms with Gasteiger partial charge >= 0.3 is 6.09 Å². The molecule has 0 bridgehead atoms. The van der Waals surface area contributed by atoms with Crippen molar-refractivity contribution in [3.63, 3.8) is 0 Å². The highest BCUT2D eigenvalue weighted by molar-refractivity contribution is 5.92. The van der Waals surface area contributed by atoms with Crippen LogP contribution in [0.3, 0.4) is 0 Å². The number of carbonyl (C=O) groups excluding carboxylic acids is 2. The maximum atomic E-state index is 12.4. The Morgan fingerprint density at radius 1 is 0.824 bits per heavy atom. The Morgan fingerprint density at radius 3 is 2.15 bits per heavy atom. The summed E-state index contributed by atoms with van der Waals surface area (Å²) in [5, 5.41) is 2.94. The molecule has 7 heteroatoms. The van der Waals surface area contributed by atoms with Crippen LogP contribution in [-0.2, 0) is 22.6 Å². The van der Waals surface area contributed by atoms with Crippen molar-refractivity contribution in [2.75, 3.05) is 43.5 Å². The molecule has 34 heavy (non-hydrogen) atoms. The quantitative estimate of drug-likeness (QED) is 0.569. The lowest BCUT2D eigenvalue weighted by molar-refractivity contribution is -0.115. The van der Waals surface area contributed by atoms with Crippen molar-refractivity contribution < 1.29 is 19.1 Å². The van der Waals surface area contributed by atoms with Gasteiger partial charge in [0.25, 0.3) is 0 Å². The Kier molecular flexibility index (Phi) is 7.65. The number of carbonyl (C=O) groups is 2. The van der Waals surface area contributed by atoms with Gasteiger partial charge in [-0.2, -0.15) is 0 Å². The Labute approximate surface area is 199 Å². The van der Waals surface area contributed by atoms with Crippen LogP contribution in [-0.4, -0.2) is 50.2 Å². The highest BCUT2D eigenvalue weighted by Gasteiger charge is 2.22. The lowest BCUT2D eigenvalue weighted by Gasteiger charge is -2.35. The molecule has 3 aromatic carbocycles. The summed E-state index contributed by atoms with van der Waals surface area (Å²) in [4.78, 5) is 28.7. The van der Waals surface area contributed by atoms with Crippen LogP contribution < -0.4 is 15.0 Å². The molecule has 1 heterocycles. The molecule has 0 unspecified atom stereocenters. The molecule has 4 rings (SSSR count). The SMILES string of the molecule is COc1ccc(CC(=O)Nc2ccc(N3CCN(C(=O)OCc4ccccc4)CC3)cc2)cc1. The smallest absolute Gasteiger partial charge is 0.410 e. The highest BCUT2D eigenvalue weighted by Crippen LogP contribution is 2.20. The van der Waals surface area contributed by atoms with Gasteiger partial charge in [0.15, 0.2) is 0 Å². The maximum Gasteiger partial charge on any atom is 0.410 e. The van der Waals surface area contributed by atoms with E-state index in [1.807, 2.05) is 78.9 Å². The first-order valence-corrected chi connectivity index (χ1v) is 11.3. The molecule has 1 saturated heterocycles. The summed E-state index contributed by atoms with van der Waals surface area (Å²) in [6, 6.07) is 24.9. The predicted molar refractivity (Wildman–Crippen MR) is 132 cm³/mol. The molecule has 1 fully saturated rings. The number of benzene rings is 3. The van der Waals surface area contributed by atoms with E-state index >= 15 is 0 Å². The molecule has 7 nitrogen and oxygen atoms in total. The van der Waals surface area contributed by atoms with Crippen LogP contribution in [0.2, 0.25) is 0 Å². The normalized spacial score (nSPS) is 13.3. The van der Waals surface area contributed by atoms with E-state index in [4.69, 9.17) is 9.47 Å². The lowest BCUT2D eigenvalue weighted by atomic mass is 10.1. The molecular weight excluding hydrogens is 430 g/mol. The Morgan fingerprint density at radius 2 is 1.50 bits per heavy atom. The standard InChI is InChI=1S/C27H29N3O4/c1-33-25-13-7-21(8-14-25)19-26(31)28-23-9-11-24(12-10-23)29-15-17-30(18-16-29)27(32)34-20-22-5-3-2-4-6-22/h2-14H,15-20H2,1H3,(H,28,31). The van der Waals surface area contributed by atoms with Crippen LogP contribution in [0.5, 0.6) is 5.75 Å². The summed E-state index contributed by atoms with van der Waals surface area (Å²) in [6.45, 7) is 2.95. The summed E-state index contributed by atoms with van der Waals surface area (Å²) < 4.78 is 10.6. The van der Waals surface area contributed by atoms with Gasteiger partial charge < -0.3 is 24.6 Å². The van der Waals surface area contributed by atoms with Gasteiger partial charge in [-0.3, -0.25) is 4.79 Å². The number of ether oxygens (including phenoxy) is 2. The largest absolute Gasteiger partial charge is 0.497 e. The number of rotatable bonds is 7. The molecule has 176 valence electrons. The van der Waals surface area contributed by atoms with E-state index in [-0.39, 0.29) is 18.6 Å².